The van der Waals surface area contributed by atoms with Gasteiger partial charge in [-0.05, 0) is 49.1 Å². The first-order valence-electron chi connectivity index (χ1n) is 7.55. The Bertz CT molecular complexity index is 844. The van der Waals surface area contributed by atoms with Crippen LogP contribution in [0.4, 0.5) is 13.2 Å². The summed E-state index contributed by atoms with van der Waals surface area (Å²) in [6, 6.07) is 3.26. The number of halogens is 3. The van der Waals surface area contributed by atoms with Crippen LogP contribution in [0, 0.1) is 5.92 Å². The first-order chi connectivity index (χ1) is 11.4. The fourth-order valence-electron chi connectivity index (χ4n) is 2.68. The second-order valence-electron chi connectivity index (χ2n) is 5.69. The van der Waals surface area contributed by atoms with E-state index >= 15 is 0 Å². The summed E-state index contributed by atoms with van der Waals surface area (Å²) in [7, 11) is 0. The van der Waals surface area contributed by atoms with E-state index in [1.54, 1.807) is 0 Å². The zero-order valence-electron chi connectivity index (χ0n) is 13.0. The lowest BCUT2D eigenvalue weighted by atomic mass is 10.0. The van der Waals surface area contributed by atoms with E-state index < -0.39 is 11.7 Å². The quantitative estimate of drug-likeness (QED) is 0.881. The molecule has 1 atom stereocenters. The van der Waals surface area contributed by atoms with Crippen molar-refractivity contribution in [3.8, 4) is 0 Å². The molecule has 6 heteroatoms. The van der Waals surface area contributed by atoms with Crippen molar-refractivity contribution in [1.29, 1.82) is 0 Å². The third-order valence-electron chi connectivity index (χ3n) is 3.92. The largest absolute Gasteiger partial charge is 0.436 e. The highest BCUT2D eigenvalue weighted by Gasteiger charge is 2.31. The molecule has 24 heavy (non-hydrogen) atoms. The number of nitrogens with zero attached hydrogens (tertiary/aromatic N) is 1. The Balaban J connectivity index is 1.99. The lowest BCUT2D eigenvalue weighted by molar-refractivity contribution is -0.137. The van der Waals surface area contributed by atoms with Crippen LogP contribution in [0.15, 0.2) is 52.5 Å². The summed E-state index contributed by atoms with van der Waals surface area (Å²) in [5, 5.41) is 9.06. The Hall–Kier alpha value is -2.34. The zero-order valence-corrected chi connectivity index (χ0v) is 13.0. The van der Waals surface area contributed by atoms with E-state index in [0.29, 0.717) is 12.0 Å². The molecule has 0 bridgehead atoms. The Labute approximate surface area is 136 Å². The number of benzene rings is 1. The molecular weight excluding hydrogens is 319 g/mol. The van der Waals surface area contributed by atoms with Gasteiger partial charge in [0.05, 0.1) is 5.56 Å². The molecule has 2 aromatic rings. The fourth-order valence-corrected chi connectivity index (χ4v) is 2.68. The number of allylic oxidation sites excluding steroid dienone is 6. The molecular formula is C18H16F3NO2. The summed E-state index contributed by atoms with van der Waals surface area (Å²) in [6.07, 6.45) is 3.80. The molecule has 1 aliphatic carbocycles. The predicted molar refractivity (Wildman–Crippen MR) is 85.1 cm³/mol. The highest BCUT2D eigenvalue weighted by atomic mass is 19.4. The van der Waals surface area contributed by atoms with Gasteiger partial charge >= 0.3 is 6.18 Å². The van der Waals surface area contributed by atoms with Crippen molar-refractivity contribution in [2.45, 2.75) is 19.5 Å². The average molecular weight is 335 g/mol. The van der Waals surface area contributed by atoms with Crippen molar-refractivity contribution in [3.05, 3.63) is 59.5 Å². The van der Waals surface area contributed by atoms with E-state index in [9.17, 15) is 13.2 Å². The summed E-state index contributed by atoms with van der Waals surface area (Å²) in [4.78, 5) is 4.21. The van der Waals surface area contributed by atoms with Gasteiger partial charge in [0.15, 0.2) is 5.58 Å². The van der Waals surface area contributed by atoms with Crippen molar-refractivity contribution < 1.29 is 22.7 Å². The molecule has 1 aliphatic rings. The van der Waals surface area contributed by atoms with E-state index in [1.165, 1.54) is 6.07 Å². The van der Waals surface area contributed by atoms with E-state index in [2.05, 4.69) is 4.98 Å². The third kappa shape index (κ3) is 3.28. The van der Waals surface area contributed by atoms with Crippen LogP contribution in [-0.4, -0.2) is 16.7 Å². The number of aliphatic hydroxyl groups excluding tert-OH is 1. The Kier molecular flexibility index (Phi) is 4.32. The minimum absolute atomic E-state index is 0.0806. The average Bonchev–Trinajstić information content (AvgIpc) is 2.84. The maximum absolute atomic E-state index is 12.8. The maximum atomic E-state index is 12.8. The molecule has 1 heterocycles. The van der Waals surface area contributed by atoms with Gasteiger partial charge in [-0.15, -0.1) is 0 Å². The number of alkyl halides is 3. The predicted octanol–water partition coefficient (Wildman–Crippen LogP) is 4.74. The van der Waals surface area contributed by atoms with Crippen LogP contribution in [0.5, 0.6) is 0 Å². The summed E-state index contributed by atoms with van der Waals surface area (Å²) in [5.74, 6) is 0.386. The molecule has 0 saturated heterocycles. The summed E-state index contributed by atoms with van der Waals surface area (Å²) in [6.45, 7) is 1.97. The van der Waals surface area contributed by atoms with E-state index in [1.807, 2.05) is 31.2 Å². The highest BCUT2D eigenvalue weighted by Crippen LogP contribution is 2.33. The highest BCUT2D eigenvalue weighted by molar-refractivity contribution is 5.81. The number of hydrogen-bond donors (Lipinski definition) is 1. The van der Waals surface area contributed by atoms with Crippen molar-refractivity contribution in [1.82, 2.24) is 4.98 Å². The molecule has 1 unspecified atom stereocenters. The monoisotopic (exact) mass is 335 g/mol. The van der Waals surface area contributed by atoms with Crippen LogP contribution in [0.2, 0.25) is 0 Å². The SMILES string of the molecule is CC1=CC(CCO)C=CC=C1c1nc2cc(C(F)(F)F)ccc2o1. The van der Waals surface area contributed by atoms with Crippen LogP contribution in [0.25, 0.3) is 16.7 Å². The molecule has 0 saturated carbocycles. The topological polar surface area (TPSA) is 46.3 Å². The number of hydrogen-bond acceptors (Lipinski definition) is 3. The van der Waals surface area contributed by atoms with Crippen LogP contribution < -0.4 is 0 Å². The van der Waals surface area contributed by atoms with Gasteiger partial charge in [-0.25, -0.2) is 4.98 Å². The van der Waals surface area contributed by atoms with Crippen LogP contribution in [0.1, 0.15) is 24.8 Å². The second-order valence-corrected chi connectivity index (χ2v) is 5.69. The van der Waals surface area contributed by atoms with Gasteiger partial charge in [0, 0.05) is 12.2 Å². The van der Waals surface area contributed by atoms with Crippen molar-refractivity contribution in [3.63, 3.8) is 0 Å². The zero-order chi connectivity index (χ0) is 17.3. The summed E-state index contributed by atoms with van der Waals surface area (Å²) < 4.78 is 44.0. The number of rotatable bonds is 3. The standard InChI is InChI=1S/C18H16F3NO2/c1-11-9-12(7-8-23)3-2-4-14(11)17-22-15-10-13(18(19,20)21)5-6-16(15)24-17/h2-6,9-10,12,23H,7-8H2,1H3. The fraction of sp³-hybridized carbons (Fsp3) is 0.278. The molecule has 1 N–H and O–H groups in total. The van der Waals surface area contributed by atoms with Gasteiger partial charge in [0.25, 0.3) is 0 Å². The van der Waals surface area contributed by atoms with Crippen LogP contribution in [0.3, 0.4) is 0 Å². The second kappa shape index (κ2) is 6.28. The van der Waals surface area contributed by atoms with Gasteiger partial charge in [-0.2, -0.15) is 13.2 Å². The first-order valence-corrected chi connectivity index (χ1v) is 7.55. The summed E-state index contributed by atoms with van der Waals surface area (Å²) in [5.41, 5.74) is 1.36. The Morgan fingerprint density at radius 2 is 2.08 bits per heavy atom. The molecule has 1 aromatic carbocycles. The molecule has 0 spiro atoms. The molecule has 0 aliphatic heterocycles. The van der Waals surface area contributed by atoms with Gasteiger partial charge in [0.1, 0.15) is 5.52 Å². The minimum Gasteiger partial charge on any atom is -0.436 e. The normalized spacial score (nSPS) is 18.5. The van der Waals surface area contributed by atoms with Crippen LogP contribution >= 0.6 is 0 Å². The van der Waals surface area contributed by atoms with Crippen molar-refractivity contribution in [2.75, 3.05) is 6.61 Å². The number of fused-ring (bicyclic) bond motifs is 1. The van der Waals surface area contributed by atoms with Gasteiger partial charge in [-0.3, -0.25) is 0 Å². The third-order valence-corrected chi connectivity index (χ3v) is 3.92. The molecule has 0 amide bonds. The number of aliphatic hydroxyl groups is 1. The van der Waals surface area contributed by atoms with Crippen molar-refractivity contribution in [2.24, 2.45) is 5.92 Å². The molecule has 0 radical (unpaired) electrons. The smallest absolute Gasteiger partial charge is 0.416 e. The van der Waals surface area contributed by atoms with Gasteiger partial charge in [0.2, 0.25) is 5.89 Å². The molecule has 1 aromatic heterocycles. The lowest BCUT2D eigenvalue weighted by Crippen LogP contribution is -2.03. The first kappa shape index (κ1) is 16.5. The maximum Gasteiger partial charge on any atom is 0.416 e. The Morgan fingerprint density at radius 3 is 2.79 bits per heavy atom. The lowest BCUT2D eigenvalue weighted by Gasteiger charge is -2.06. The Morgan fingerprint density at radius 1 is 1.29 bits per heavy atom. The summed E-state index contributed by atoms with van der Waals surface area (Å²) >= 11 is 0. The number of aromatic nitrogens is 1. The molecule has 3 rings (SSSR count). The van der Waals surface area contributed by atoms with E-state index in [-0.39, 0.29) is 23.9 Å². The molecule has 3 nitrogen and oxygen atoms in total. The van der Waals surface area contributed by atoms with E-state index in [0.717, 1.165) is 23.3 Å². The van der Waals surface area contributed by atoms with Gasteiger partial charge < -0.3 is 9.52 Å². The molecule has 0 fully saturated rings. The molecule has 126 valence electrons. The van der Waals surface area contributed by atoms with Crippen LogP contribution in [-0.2, 0) is 6.18 Å². The number of oxazole rings is 1. The van der Waals surface area contributed by atoms with E-state index in [4.69, 9.17) is 9.52 Å². The van der Waals surface area contributed by atoms with Gasteiger partial charge in [-0.1, -0.05) is 18.2 Å². The minimum atomic E-state index is -4.41. The van der Waals surface area contributed by atoms with Crippen molar-refractivity contribution >= 4 is 16.7 Å².